The van der Waals surface area contributed by atoms with E-state index >= 15 is 0 Å². The van der Waals surface area contributed by atoms with Gasteiger partial charge < -0.3 is 10.1 Å². The summed E-state index contributed by atoms with van der Waals surface area (Å²) < 4.78 is 8.90. The number of hydrogen-bond acceptors (Lipinski definition) is 6. The van der Waals surface area contributed by atoms with Crippen molar-refractivity contribution in [1.29, 1.82) is 0 Å². The first-order valence-corrected chi connectivity index (χ1v) is 12.1. The van der Waals surface area contributed by atoms with Gasteiger partial charge in [0.2, 0.25) is 0 Å². The highest BCUT2D eigenvalue weighted by molar-refractivity contribution is 7.98. The van der Waals surface area contributed by atoms with E-state index in [1.807, 2.05) is 63.2 Å². The number of fused-ring (bicyclic) bond motifs is 1. The van der Waals surface area contributed by atoms with Gasteiger partial charge >= 0.3 is 0 Å². The quantitative estimate of drug-likeness (QED) is 0.363. The Morgan fingerprint density at radius 3 is 2.74 bits per heavy atom. The van der Waals surface area contributed by atoms with Crippen molar-refractivity contribution >= 4 is 29.1 Å². The lowest BCUT2D eigenvalue weighted by molar-refractivity contribution is -0.118. The van der Waals surface area contributed by atoms with E-state index in [4.69, 9.17) is 4.74 Å². The Labute approximate surface area is 202 Å². The number of ether oxygens (including phenoxy) is 1. The molecule has 4 aromatic rings. The number of carbonyl (C=O) groups is 1. The topological polar surface area (TPSA) is 90.5 Å². The number of carbonyl (C=O) groups excluding carboxylic acids is 1. The van der Waals surface area contributed by atoms with E-state index in [0.29, 0.717) is 35.2 Å². The molecule has 0 aliphatic rings. The average molecular weight is 478 g/mol. The predicted octanol–water partition coefficient (Wildman–Crippen LogP) is 4.23. The smallest absolute Gasteiger partial charge is 0.274 e. The largest absolute Gasteiger partial charge is 0.484 e. The standard InChI is InChI=1S/C25H27N5O3S/c1-4-11-29-16-26-25-27-19(13-24(32)30(25)29)15-34-22-8-6-5-7-21(22)28-23(31)14-33-20-10-9-17(2)18(3)12-20/h5-10,12-13,16H,4,11,14-15H2,1-3H3,(H,28,31). The van der Waals surface area contributed by atoms with E-state index in [9.17, 15) is 9.59 Å². The van der Waals surface area contributed by atoms with Crippen LogP contribution in [0, 0.1) is 13.8 Å². The Bertz CT molecular complexity index is 1380. The van der Waals surface area contributed by atoms with Gasteiger partial charge in [-0.15, -0.1) is 11.8 Å². The van der Waals surface area contributed by atoms with Gasteiger partial charge in [0.15, 0.2) is 6.61 Å². The lowest BCUT2D eigenvalue weighted by Crippen LogP contribution is -2.21. The fourth-order valence-corrected chi connectivity index (χ4v) is 4.35. The number of rotatable bonds is 9. The molecule has 9 heteroatoms. The molecule has 0 spiro atoms. The number of anilines is 1. The zero-order valence-corrected chi connectivity index (χ0v) is 20.3. The van der Waals surface area contributed by atoms with Gasteiger partial charge in [0.1, 0.15) is 12.1 Å². The molecule has 2 aromatic carbocycles. The molecule has 34 heavy (non-hydrogen) atoms. The molecule has 0 unspecified atom stereocenters. The maximum Gasteiger partial charge on any atom is 0.274 e. The number of benzene rings is 2. The zero-order valence-electron chi connectivity index (χ0n) is 19.4. The van der Waals surface area contributed by atoms with Crippen LogP contribution < -0.4 is 15.6 Å². The van der Waals surface area contributed by atoms with Crippen molar-refractivity contribution in [2.75, 3.05) is 11.9 Å². The number of amides is 1. The highest BCUT2D eigenvalue weighted by atomic mass is 32.2. The summed E-state index contributed by atoms with van der Waals surface area (Å²) in [5, 5.41) is 2.91. The van der Waals surface area contributed by atoms with Gasteiger partial charge in [0.25, 0.3) is 17.2 Å². The summed E-state index contributed by atoms with van der Waals surface area (Å²) >= 11 is 1.49. The van der Waals surface area contributed by atoms with E-state index in [1.54, 1.807) is 11.0 Å². The van der Waals surface area contributed by atoms with Crippen molar-refractivity contribution in [2.24, 2.45) is 0 Å². The molecule has 1 amide bonds. The monoisotopic (exact) mass is 477 g/mol. The molecule has 0 saturated carbocycles. The Kier molecular flexibility index (Phi) is 7.32. The van der Waals surface area contributed by atoms with Crippen molar-refractivity contribution in [3.05, 3.63) is 82.0 Å². The molecule has 1 N–H and O–H groups in total. The SMILES string of the molecule is CCCn1cnc2nc(CSc3ccccc3NC(=O)COc3ccc(C)c(C)c3)cc(=O)n21. The second kappa shape index (κ2) is 10.6. The first-order valence-electron chi connectivity index (χ1n) is 11.1. The van der Waals surface area contributed by atoms with Crippen LogP contribution in [0.1, 0.15) is 30.2 Å². The predicted molar refractivity (Wildman–Crippen MR) is 134 cm³/mol. The number of thioether (sulfide) groups is 1. The molecule has 0 bridgehead atoms. The first-order chi connectivity index (χ1) is 16.4. The van der Waals surface area contributed by atoms with E-state index < -0.39 is 0 Å². The number of nitrogens with zero attached hydrogens (tertiary/aromatic N) is 4. The Balaban J connectivity index is 1.41. The molecule has 0 atom stereocenters. The summed E-state index contributed by atoms with van der Waals surface area (Å²) in [6, 6.07) is 14.8. The maximum atomic E-state index is 12.6. The molecular formula is C25H27N5O3S. The van der Waals surface area contributed by atoms with Crippen LogP contribution in [-0.4, -0.2) is 31.7 Å². The summed E-state index contributed by atoms with van der Waals surface area (Å²) in [6.07, 6.45) is 2.53. The normalized spacial score (nSPS) is 11.0. The highest BCUT2D eigenvalue weighted by Crippen LogP contribution is 2.29. The fourth-order valence-electron chi connectivity index (χ4n) is 3.45. The van der Waals surface area contributed by atoms with E-state index in [-0.39, 0.29) is 18.1 Å². The minimum absolute atomic E-state index is 0.0864. The van der Waals surface area contributed by atoms with Crippen molar-refractivity contribution in [3.63, 3.8) is 0 Å². The van der Waals surface area contributed by atoms with Crippen LogP contribution in [0.25, 0.3) is 5.78 Å². The second-order valence-corrected chi connectivity index (χ2v) is 8.99. The zero-order chi connectivity index (χ0) is 24.1. The average Bonchev–Trinajstić information content (AvgIpc) is 3.23. The van der Waals surface area contributed by atoms with Gasteiger partial charge in [-0.25, -0.2) is 4.98 Å². The van der Waals surface area contributed by atoms with Crippen molar-refractivity contribution in [2.45, 2.75) is 44.4 Å². The lowest BCUT2D eigenvalue weighted by atomic mass is 10.1. The molecule has 0 saturated heterocycles. The number of para-hydroxylation sites is 1. The van der Waals surface area contributed by atoms with Gasteiger partial charge in [-0.05, 0) is 55.7 Å². The first kappa shape index (κ1) is 23.6. The van der Waals surface area contributed by atoms with Gasteiger partial charge in [-0.1, -0.05) is 25.1 Å². The van der Waals surface area contributed by atoms with Crippen molar-refractivity contribution in [1.82, 2.24) is 19.2 Å². The van der Waals surface area contributed by atoms with E-state index in [1.165, 1.54) is 27.9 Å². The Morgan fingerprint density at radius 2 is 1.94 bits per heavy atom. The molecular weight excluding hydrogens is 450 g/mol. The maximum absolute atomic E-state index is 12.6. The van der Waals surface area contributed by atoms with Gasteiger partial charge in [0.05, 0.1) is 11.4 Å². The minimum Gasteiger partial charge on any atom is -0.484 e. The summed E-state index contributed by atoms with van der Waals surface area (Å²) in [4.78, 5) is 34.7. The molecule has 176 valence electrons. The number of hydrogen-bond donors (Lipinski definition) is 1. The van der Waals surface area contributed by atoms with E-state index in [2.05, 4.69) is 15.3 Å². The Morgan fingerprint density at radius 1 is 1.12 bits per heavy atom. The van der Waals surface area contributed by atoms with Crippen LogP contribution in [0.3, 0.4) is 0 Å². The molecule has 0 fully saturated rings. The number of aryl methyl sites for hydroxylation is 3. The molecule has 0 aliphatic carbocycles. The third kappa shape index (κ3) is 5.48. The van der Waals surface area contributed by atoms with Crippen molar-refractivity contribution < 1.29 is 9.53 Å². The van der Waals surface area contributed by atoms with Crippen LogP contribution in [0.4, 0.5) is 5.69 Å². The Hall–Kier alpha value is -3.59. The van der Waals surface area contributed by atoms with Crippen LogP contribution in [0.5, 0.6) is 5.75 Å². The third-order valence-corrected chi connectivity index (χ3v) is 6.44. The summed E-state index contributed by atoms with van der Waals surface area (Å²) in [5.74, 6) is 1.28. The molecule has 2 heterocycles. The molecule has 8 nitrogen and oxygen atoms in total. The fraction of sp³-hybridized carbons (Fsp3) is 0.280. The lowest BCUT2D eigenvalue weighted by Gasteiger charge is -2.12. The van der Waals surface area contributed by atoms with Crippen LogP contribution in [0.15, 0.2) is 64.5 Å². The van der Waals surface area contributed by atoms with Gasteiger partial charge in [-0.3, -0.25) is 14.3 Å². The van der Waals surface area contributed by atoms with Gasteiger partial charge in [0, 0.05) is 23.3 Å². The molecule has 4 rings (SSSR count). The minimum atomic E-state index is -0.245. The van der Waals surface area contributed by atoms with E-state index in [0.717, 1.165) is 16.9 Å². The molecule has 0 radical (unpaired) electrons. The number of nitrogens with one attached hydrogen (secondary N) is 1. The van der Waals surface area contributed by atoms with Gasteiger partial charge in [-0.2, -0.15) is 9.50 Å². The van der Waals surface area contributed by atoms with Crippen LogP contribution in [0.2, 0.25) is 0 Å². The van der Waals surface area contributed by atoms with Crippen LogP contribution in [-0.2, 0) is 17.1 Å². The molecule has 2 aromatic heterocycles. The molecule has 0 aliphatic heterocycles. The van der Waals surface area contributed by atoms with Crippen LogP contribution >= 0.6 is 11.8 Å². The number of aromatic nitrogens is 4. The highest BCUT2D eigenvalue weighted by Gasteiger charge is 2.11. The second-order valence-electron chi connectivity index (χ2n) is 7.97. The van der Waals surface area contributed by atoms with Crippen molar-refractivity contribution in [3.8, 4) is 5.75 Å². The third-order valence-electron chi connectivity index (χ3n) is 5.33. The summed E-state index contributed by atoms with van der Waals surface area (Å²) in [7, 11) is 0. The summed E-state index contributed by atoms with van der Waals surface area (Å²) in [6.45, 7) is 6.70. The summed E-state index contributed by atoms with van der Waals surface area (Å²) in [5.41, 5.74) is 3.45.